The average molecular weight is 652 g/mol. The summed E-state index contributed by atoms with van der Waals surface area (Å²) in [5.74, 6) is -0.665. The third-order valence-corrected chi connectivity index (χ3v) is 10.9. The number of nitrogens with zero attached hydrogens (tertiary/aromatic N) is 2. The van der Waals surface area contributed by atoms with Gasteiger partial charge in [0, 0.05) is 19.0 Å². The van der Waals surface area contributed by atoms with Crippen LogP contribution in [0.2, 0.25) is 0 Å². The molecule has 1 N–H and O–H groups in total. The zero-order valence-electron chi connectivity index (χ0n) is 27.6. The maximum absolute atomic E-state index is 14.8. The first-order valence-electron chi connectivity index (χ1n) is 16.5. The van der Waals surface area contributed by atoms with Crippen LogP contribution in [0.1, 0.15) is 60.4 Å². The van der Waals surface area contributed by atoms with Gasteiger partial charge in [-0.25, -0.2) is 8.42 Å². The van der Waals surface area contributed by atoms with Crippen molar-refractivity contribution in [2.45, 2.75) is 82.8 Å². The Morgan fingerprint density at radius 1 is 0.809 bits per heavy atom. The SMILES string of the molecule is CCc1ccccc1N(CC(=O)N(Cc1ccccc1C)C(Cc1ccccc1)C(=O)NC1CCCC1)S(=O)(=O)c1ccc(C)cc1. The van der Waals surface area contributed by atoms with Gasteiger partial charge in [0.05, 0.1) is 10.6 Å². The maximum atomic E-state index is 14.8. The first-order valence-corrected chi connectivity index (χ1v) is 18.0. The number of anilines is 1. The van der Waals surface area contributed by atoms with Crippen LogP contribution < -0.4 is 9.62 Å². The lowest BCUT2D eigenvalue weighted by Crippen LogP contribution is -2.54. The molecule has 1 atom stereocenters. The average Bonchev–Trinajstić information content (AvgIpc) is 3.59. The predicted octanol–water partition coefficient (Wildman–Crippen LogP) is 6.76. The highest BCUT2D eigenvalue weighted by molar-refractivity contribution is 7.92. The molecule has 7 nitrogen and oxygen atoms in total. The van der Waals surface area contributed by atoms with Gasteiger partial charge in [0.2, 0.25) is 11.8 Å². The first-order chi connectivity index (χ1) is 22.7. The molecular weight excluding hydrogens is 607 g/mol. The lowest BCUT2D eigenvalue weighted by atomic mass is 10.0. The second-order valence-electron chi connectivity index (χ2n) is 12.5. The molecule has 1 fully saturated rings. The fraction of sp³-hybridized carbons (Fsp3) is 0.333. The van der Waals surface area contributed by atoms with Crippen LogP contribution in [-0.2, 0) is 39.0 Å². The summed E-state index contributed by atoms with van der Waals surface area (Å²) in [6.07, 6.45) is 4.81. The van der Waals surface area contributed by atoms with Crippen molar-refractivity contribution in [2.75, 3.05) is 10.8 Å². The topological polar surface area (TPSA) is 86.8 Å². The van der Waals surface area contributed by atoms with Gasteiger partial charge in [0.1, 0.15) is 12.6 Å². The highest BCUT2D eigenvalue weighted by atomic mass is 32.2. The van der Waals surface area contributed by atoms with Gasteiger partial charge in [-0.2, -0.15) is 0 Å². The third-order valence-electron chi connectivity index (χ3n) is 9.10. The summed E-state index contributed by atoms with van der Waals surface area (Å²) < 4.78 is 30.0. The van der Waals surface area contributed by atoms with E-state index in [9.17, 15) is 18.0 Å². The number of carbonyl (C=O) groups is 2. The second kappa shape index (κ2) is 15.4. The summed E-state index contributed by atoms with van der Waals surface area (Å²) in [5.41, 5.74) is 5.00. The van der Waals surface area contributed by atoms with Crippen molar-refractivity contribution >= 4 is 27.5 Å². The molecule has 1 aliphatic carbocycles. The van der Waals surface area contributed by atoms with Crippen LogP contribution in [0.4, 0.5) is 5.69 Å². The number of nitrogens with one attached hydrogen (secondary N) is 1. The van der Waals surface area contributed by atoms with Crippen LogP contribution in [0.5, 0.6) is 0 Å². The minimum atomic E-state index is -4.15. The Morgan fingerprint density at radius 3 is 2.09 bits per heavy atom. The smallest absolute Gasteiger partial charge is 0.264 e. The summed E-state index contributed by atoms with van der Waals surface area (Å²) in [6.45, 7) is 5.55. The predicted molar refractivity (Wildman–Crippen MR) is 188 cm³/mol. The minimum absolute atomic E-state index is 0.0611. The van der Waals surface area contributed by atoms with Gasteiger partial charge in [-0.15, -0.1) is 0 Å². The number of aryl methyl sites for hydroxylation is 3. The van der Waals surface area contributed by atoms with Gasteiger partial charge in [0.15, 0.2) is 0 Å². The fourth-order valence-corrected chi connectivity index (χ4v) is 7.75. The summed E-state index contributed by atoms with van der Waals surface area (Å²) >= 11 is 0. The van der Waals surface area contributed by atoms with Gasteiger partial charge in [0.25, 0.3) is 10.0 Å². The van der Waals surface area contributed by atoms with Gasteiger partial charge < -0.3 is 10.2 Å². The molecule has 0 heterocycles. The number of para-hydroxylation sites is 1. The molecule has 1 saturated carbocycles. The molecule has 1 aliphatic rings. The molecule has 0 bridgehead atoms. The van der Waals surface area contributed by atoms with Crippen molar-refractivity contribution in [3.63, 3.8) is 0 Å². The quantitative estimate of drug-likeness (QED) is 0.173. The molecule has 0 saturated heterocycles. The van der Waals surface area contributed by atoms with Gasteiger partial charge in [-0.05, 0) is 73.6 Å². The number of hydrogen-bond acceptors (Lipinski definition) is 4. The van der Waals surface area contributed by atoms with Crippen molar-refractivity contribution in [2.24, 2.45) is 0 Å². The number of benzene rings is 4. The number of rotatable bonds is 13. The Morgan fingerprint density at radius 2 is 1.43 bits per heavy atom. The van der Waals surface area contributed by atoms with Gasteiger partial charge >= 0.3 is 0 Å². The Balaban J connectivity index is 1.59. The van der Waals surface area contributed by atoms with E-state index < -0.39 is 28.5 Å². The van der Waals surface area contributed by atoms with E-state index in [1.54, 1.807) is 41.3 Å². The molecule has 8 heteroatoms. The molecular formula is C39H45N3O4S. The zero-order valence-corrected chi connectivity index (χ0v) is 28.4. The van der Waals surface area contributed by atoms with Gasteiger partial charge in [-0.1, -0.05) is 110 Å². The lowest BCUT2D eigenvalue weighted by Gasteiger charge is -2.35. The number of hydrogen-bond donors (Lipinski definition) is 1. The molecule has 0 aliphatic heterocycles. The minimum Gasteiger partial charge on any atom is -0.352 e. The standard InChI is InChI=1S/C39H45N3O4S/c1-4-32-17-10-13-21-36(32)42(47(45,46)35-24-22-29(2)23-25-35)28-38(43)41(27-33-18-9-8-14-30(33)3)37(26-31-15-6-5-7-16-31)39(44)40-34-19-11-12-20-34/h5-10,13-18,21-25,34,37H,4,11-12,19-20,26-28H2,1-3H3,(H,40,44). The van der Waals surface area contributed by atoms with E-state index in [1.807, 2.05) is 87.5 Å². The molecule has 0 aromatic heterocycles. The second-order valence-corrected chi connectivity index (χ2v) is 14.3. The highest BCUT2D eigenvalue weighted by Crippen LogP contribution is 2.29. The Hall–Kier alpha value is -4.43. The third kappa shape index (κ3) is 8.30. The molecule has 1 unspecified atom stereocenters. The van der Waals surface area contributed by atoms with Crippen molar-refractivity contribution < 1.29 is 18.0 Å². The monoisotopic (exact) mass is 651 g/mol. The Kier molecular flexibility index (Phi) is 11.1. The Bertz CT molecular complexity index is 1770. The van der Waals surface area contributed by atoms with Crippen molar-refractivity contribution in [3.8, 4) is 0 Å². The van der Waals surface area contributed by atoms with Crippen LogP contribution in [-0.4, -0.2) is 43.8 Å². The van der Waals surface area contributed by atoms with Crippen LogP contribution >= 0.6 is 0 Å². The molecule has 0 spiro atoms. The Labute approximate surface area is 279 Å². The van der Waals surface area contributed by atoms with Crippen molar-refractivity contribution in [1.29, 1.82) is 0 Å². The molecule has 4 aromatic carbocycles. The largest absolute Gasteiger partial charge is 0.352 e. The molecule has 2 amide bonds. The molecule has 47 heavy (non-hydrogen) atoms. The van der Waals surface area contributed by atoms with Crippen LogP contribution in [0.3, 0.4) is 0 Å². The first kappa shape index (κ1) is 33.9. The summed E-state index contributed by atoms with van der Waals surface area (Å²) in [4.78, 5) is 30.7. The van der Waals surface area contributed by atoms with Crippen LogP contribution in [0, 0.1) is 13.8 Å². The van der Waals surface area contributed by atoms with Crippen molar-refractivity contribution in [3.05, 3.63) is 131 Å². The number of amides is 2. The number of sulfonamides is 1. The molecule has 0 radical (unpaired) electrons. The van der Waals surface area contributed by atoms with E-state index in [4.69, 9.17) is 0 Å². The summed E-state index contributed by atoms with van der Waals surface area (Å²) in [5, 5.41) is 3.23. The van der Waals surface area contributed by atoms with E-state index in [0.29, 0.717) is 18.5 Å². The van der Waals surface area contributed by atoms with E-state index in [-0.39, 0.29) is 23.4 Å². The fourth-order valence-electron chi connectivity index (χ4n) is 6.30. The highest BCUT2D eigenvalue weighted by Gasteiger charge is 2.36. The lowest BCUT2D eigenvalue weighted by molar-refractivity contribution is -0.140. The molecule has 246 valence electrons. The van der Waals surface area contributed by atoms with Crippen molar-refractivity contribution in [1.82, 2.24) is 10.2 Å². The molecule has 4 aromatic rings. The normalized spacial score (nSPS) is 14.0. The van der Waals surface area contributed by atoms with E-state index >= 15 is 0 Å². The summed E-state index contributed by atoms with van der Waals surface area (Å²) in [7, 11) is -4.15. The molecule has 5 rings (SSSR count). The van der Waals surface area contributed by atoms with E-state index in [0.717, 1.165) is 53.5 Å². The van der Waals surface area contributed by atoms with Crippen LogP contribution in [0.15, 0.2) is 108 Å². The maximum Gasteiger partial charge on any atom is 0.264 e. The van der Waals surface area contributed by atoms with Crippen LogP contribution in [0.25, 0.3) is 0 Å². The van der Waals surface area contributed by atoms with Gasteiger partial charge in [-0.3, -0.25) is 13.9 Å². The zero-order chi connectivity index (χ0) is 33.4. The summed E-state index contributed by atoms with van der Waals surface area (Å²) in [6, 6.07) is 30.6. The number of carbonyl (C=O) groups excluding carboxylic acids is 2. The van der Waals surface area contributed by atoms with E-state index in [2.05, 4.69) is 5.32 Å². The van der Waals surface area contributed by atoms with E-state index in [1.165, 1.54) is 4.31 Å².